The van der Waals surface area contributed by atoms with E-state index in [0.717, 1.165) is 0 Å². The second kappa shape index (κ2) is 5.99. The zero-order valence-corrected chi connectivity index (χ0v) is 14.5. The molecule has 2 heterocycles. The number of pyridine rings is 1. The fourth-order valence-electron chi connectivity index (χ4n) is 2.96. The number of rotatable bonds is 4. The van der Waals surface area contributed by atoms with Gasteiger partial charge in [0, 0.05) is 28.2 Å². The van der Waals surface area contributed by atoms with Gasteiger partial charge < -0.3 is 15.1 Å². The topological polar surface area (TPSA) is 132 Å². The van der Waals surface area contributed by atoms with Crippen LogP contribution in [-0.2, 0) is 10.0 Å². The van der Waals surface area contributed by atoms with Crippen LogP contribution in [0.15, 0.2) is 64.4 Å². The zero-order chi connectivity index (χ0) is 19.2. The highest BCUT2D eigenvalue weighted by atomic mass is 32.2. The third kappa shape index (κ3) is 2.83. The Labute approximate surface area is 152 Å². The summed E-state index contributed by atoms with van der Waals surface area (Å²) in [5.41, 5.74) is 0.227. The van der Waals surface area contributed by atoms with Gasteiger partial charge in [-0.1, -0.05) is 18.2 Å². The summed E-state index contributed by atoms with van der Waals surface area (Å²) in [6, 6.07) is 12.5. The Kier molecular flexibility index (Phi) is 3.74. The normalized spacial score (nSPS) is 11.7. The first-order valence-electron chi connectivity index (χ1n) is 7.85. The van der Waals surface area contributed by atoms with Crippen LogP contribution in [-0.4, -0.2) is 29.5 Å². The van der Waals surface area contributed by atoms with E-state index in [4.69, 9.17) is 0 Å². The zero-order valence-electron chi connectivity index (χ0n) is 13.7. The number of benzene rings is 2. The Morgan fingerprint density at radius 1 is 1.07 bits per heavy atom. The van der Waals surface area contributed by atoms with Crippen molar-refractivity contribution in [3.05, 3.63) is 70.6 Å². The molecular weight excluding hydrogens is 370 g/mol. The fourth-order valence-corrected chi connectivity index (χ4v) is 4.05. The summed E-state index contributed by atoms with van der Waals surface area (Å²) in [7, 11) is -3.90. The van der Waals surface area contributed by atoms with E-state index in [1.807, 2.05) is 0 Å². The Bertz CT molecular complexity index is 1350. The van der Waals surface area contributed by atoms with Gasteiger partial charge >= 0.3 is 5.97 Å². The van der Waals surface area contributed by atoms with E-state index in [0.29, 0.717) is 16.6 Å². The van der Waals surface area contributed by atoms with E-state index in [1.165, 1.54) is 24.4 Å². The smallest absolute Gasteiger partial charge is 0.337 e. The van der Waals surface area contributed by atoms with E-state index in [9.17, 15) is 23.1 Å². The lowest BCUT2D eigenvalue weighted by Crippen LogP contribution is -2.13. The van der Waals surface area contributed by atoms with Crippen LogP contribution in [0.5, 0.6) is 0 Å². The van der Waals surface area contributed by atoms with Gasteiger partial charge in [-0.2, -0.15) is 0 Å². The largest absolute Gasteiger partial charge is 0.478 e. The maximum absolute atomic E-state index is 12.7. The van der Waals surface area contributed by atoms with Crippen molar-refractivity contribution in [3.8, 4) is 0 Å². The van der Waals surface area contributed by atoms with Crippen LogP contribution >= 0.6 is 0 Å². The lowest BCUT2D eigenvalue weighted by Gasteiger charge is -2.09. The molecule has 0 saturated carbocycles. The van der Waals surface area contributed by atoms with Crippen LogP contribution in [0, 0.1) is 0 Å². The maximum Gasteiger partial charge on any atom is 0.337 e. The van der Waals surface area contributed by atoms with Crippen molar-refractivity contribution in [2.45, 2.75) is 4.90 Å². The Morgan fingerprint density at radius 3 is 2.52 bits per heavy atom. The number of fused-ring (bicyclic) bond motifs is 3. The number of hydrogen-bond donors (Lipinski definition) is 4. The van der Waals surface area contributed by atoms with Crippen molar-refractivity contribution < 1.29 is 18.3 Å². The van der Waals surface area contributed by atoms with Crippen LogP contribution in [0.25, 0.3) is 21.8 Å². The van der Waals surface area contributed by atoms with E-state index in [-0.39, 0.29) is 21.4 Å². The summed E-state index contributed by atoms with van der Waals surface area (Å²) in [6.07, 6.45) is 1.21. The standard InChI is InChI=1S/C18H13N3O5S/c22-17-16-15(13(9-19-16)18(23)24)12-8-11(6-7-14(12)20-17)27(25,26)21-10-4-2-1-3-5-10/h1-9,19,21H,(H,20,22)(H,23,24). The molecule has 2 aromatic carbocycles. The number of nitrogens with one attached hydrogen (secondary N) is 3. The minimum Gasteiger partial charge on any atom is -0.478 e. The van der Waals surface area contributed by atoms with Crippen LogP contribution in [0.1, 0.15) is 10.4 Å². The molecule has 0 aliphatic carbocycles. The molecule has 0 bridgehead atoms. The number of aromatic amines is 2. The third-order valence-corrected chi connectivity index (χ3v) is 5.56. The lowest BCUT2D eigenvalue weighted by molar-refractivity contribution is 0.0699. The number of sulfonamides is 1. The summed E-state index contributed by atoms with van der Waals surface area (Å²) in [6.45, 7) is 0. The number of aromatic nitrogens is 2. The Morgan fingerprint density at radius 2 is 1.81 bits per heavy atom. The van der Waals surface area contributed by atoms with E-state index < -0.39 is 21.6 Å². The van der Waals surface area contributed by atoms with E-state index in [2.05, 4.69) is 14.7 Å². The molecule has 0 saturated heterocycles. The summed E-state index contributed by atoms with van der Waals surface area (Å²) < 4.78 is 27.9. The number of para-hydroxylation sites is 1. The molecule has 4 rings (SSSR count). The maximum atomic E-state index is 12.7. The predicted molar refractivity (Wildman–Crippen MR) is 101 cm³/mol. The summed E-state index contributed by atoms with van der Waals surface area (Å²) in [4.78, 5) is 28.8. The van der Waals surface area contributed by atoms with Crippen LogP contribution in [0.2, 0.25) is 0 Å². The van der Waals surface area contributed by atoms with Gasteiger partial charge in [0.2, 0.25) is 0 Å². The quantitative estimate of drug-likeness (QED) is 0.430. The molecule has 0 aliphatic rings. The van der Waals surface area contributed by atoms with Gasteiger partial charge in [0.25, 0.3) is 15.6 Å². The molecule has 9 heteroatoms. The molecule has 0 aliphatic heterocycles. The fraction of sp³-hybridized carbons (Fsp3) is 0. The minimum absolute atomic E-state index is 0.0512. The molecule has 4 N–H and O–H groups in total. The first-order chi connectivity index (χ1) is 12.9. The number of carboxylic acids is 1. The highest BCUT2D eigenvalue weighted by Gasteiger charge is 2.20. The predicted octanol–water partition coefficient (Wildman–Crippen LogP) is 2.51. The van der Waals surface area contributed by atoms with Gasteiger partial charge in [-0.15, -0.1) is 0 Å². The lowest BCUT2D eigenvalue weighted by atomic mass is 10.1. The summed E-state index contributed by atoms with van der Waals surface area (Å²) in [5, 5.41) is 9.87. The van der Waals surface area contributed by atoms with Crippen LogP contribution in [0.3, 0.4) is 0 Å². The second-order valence-corrected chi connectivity index (χ2v) is 7.57. The van der Waals surface area contributed by atoms with E-state index in [1.54, 1.807) is 30.3 Å². The molecule has 0 spiro atoms. The van der Waals surface area contributed by atoms with Crippen molar-refractivity contribution >= 4 is 43.5 Å². The van der Waals surface area contributed by atoms with Gasteiger partial charge in [0.1, 0.15) is 5.52 Å². The first-order valence-corrected chi connectivity index (χ1v) is 9.33. The molecule has 27 heavy (non-hydrogen) atoms. The highest BCUT2D eigenvalue weighted by Crippen LogP contribution is 2.27. The molecule has 136 valence electrons. The number of H-pyrrole nitrogens is 2. The number of hydrogen-bond acceptors (Lipinski definition) is 4. The van der Waals surface area contributed by atoms with Gasteiger partial charge in [0.05, 0.1) is 10.5 Å². The summed E-state index contributed by atoms with van der Waals surface area (Å²) >= 11 is 0. The molecule has 0 fully saturated rings. The van der Waals surface area contributed by atoms with Crippen molar-refractivity contribution in [2.75, 3.05) is 4.72 Å². The average molecular weight is 383 g/mol. The Balaban J connectivity index is 1.95. The van der Waals surface area contributed by atoms with Crippen LogP contribution in [0.4, 0.5) is 5.69 Å². The molecule has 4 aromatic rings. The van der Waals surface area contributed by atoms with Gasteiger partial charge in [-0.25, -0.2) is 13.2 Å². The summed E-state index contributed by atoms with van der Waals surface area (Å²) in [5.74, 6) is -1.22. The molecule has 0 atom stereocenters. The molecule has 0 radical (unpaired) electrons. The SMILES string of the molecule is O=C(O)c1c[nH]c2c(=O)[nH]c3ccc(S(=O)(=O)Nc4ccccc4)cc3c12. The third-order valence-electron chi connectivity index (χ3n) is 4.18. The molecular formula is C18H13N3O5S. The van der Waals surface area contributed by atoms with Crippen LogP contribution < -0.4 is 10.3 Å². The van der Waals surface area contributed by atoms with E-state index >= 15 is 0 Å². The van der Waals surface area contributed by atoms with Gasteiger partial charge in [-0.05, 0) is 30.3 Å². The van der Waals surface area contributed by atoms with Crippen molar-refractivity contribution in [2.24, 2.45) is 0 Å². The van der Waals surface area contributed by atoms with Gasteiger partial charge in [0.15, 0.2) is 0 Å². The number of carbonyl (C=O) groups is 1. The van der Waals surface area contributed by atoms with Crippen molar-refractivity contribution in [1.82, 2.24) is 9.97 Å². The first kappa shape index (κ1) is 16.9. The molecule has 0 amide bonds. The minimum atomic E-state index is -3.90. The van der Waals surface area contributed by atoms with Gasteiger partial charge in [-0.3, -0.25) is 9.52 Å². The molecule has 8 nitrogen and oxygen atoms in total. The monoisotopic (exact) mass is 383 g/mol. The Hall–Kier alpha value is -3.59. The molecule has 2 aromatic heterocycles. The number of aromatic carboxylic acids is 1. The number of anilines is 1. The van der Waals surface area contributed by atoms with Crippen molar-refractivity contribution in [3.63, 3.8) is 0 Å². The second-order valence-electron chi connectivity index (χ2n) is 5.89. The highest BCUT2D eigenvalue weighted by molar-refractivity contribution is 7.92. The van der Waals surface area contributed by atoms with Crippen molar-refractivity contribution in [1.29, 1.82) is 0 Å². The average Bonchev–Trinajstić information content (AvgIpc) is 3.08. The number of carboxylic acid groups (broad SMARTS) is 1. The molecule has 0 unspecified atom stereocenters.